The first-order valence-corrected chi connectivity index (χ1v) is 10.5. The predicted molar refractivity (Wildman–Crippen MR) is 104 cm³/mol. The van der Waals surface area contributed by atoms with Crippen LogP contribution in [0, 0.1) is 0 Å². The number of hydrogen-bond donors (Lipinski definition) is 2. The number of nitrogens with zero attached hydrogens (tertiary/aromatic N) is 4. The average molecular weight is 396 g/mol. The third-order valence-corrected chi connectivity index (χ3v) is 6.18. The Labute approximate surface area is 166 Å². The quantitative estimate of drug-likeness (QED) is 0.624. The lowest BCUT2D eigenvalue weighted by Crippen LogP contribution is -2.59. The minimum Gasteiger partial charge on any atom is -0.480 e. The molecule has 2 heterocycles. The van der Waals surface area contributed by atoms with Crippen molar-refractivity contribution in [1.29, 1.82) is 0 Å². The van der Waals surface area contributed by atoms with Crippen molar-refractivity contribution < 1.29 is 19.5 Å². The predicted octanol–water partition coefficient (Wildman–Crippen LogP) is -0.126. The maximum absolute atomic E-state index is 12.5. The van der Waals surface area contributed by atoms with Gasteiger partial charge in [-0.1, -0.05) is 6.92 Å². The standard InChI is InChI=1S/C19H33N5O4/c1-2-22(14-18(26)27)16-11-15(12-16)20-19(28)24-9-7-23(8-10-24)17(25)13-21-5-3-4-6-21/h15-16H,2-14H2,1H3,(H,20,28)(H,26,27). The number of carbonyl (C=O) groups is 3. The Morgan fingerprint density at radius 1 is 1.00 bits per heavy atom. The number of carboxylic acids is 1. The van der Waals surface area contributed by atoms with Crippen molar-refractivity contribution in [1.82, 2.24) is 24.9 Å². The molecule has 0 atom stereocenters. The molecule has 3 amide bonds. The van der Waals surface area contributed by atoms with Crippen LogP contribution in [0.15, 0.2) is 0 Å². The number of likely N-dealkylation sites (N-methyl/N-ethyl adjacent to an activating group) is 1. The van der Waals surface area contributed by atoms with Gasteiger partial charge in [-0.05, 0) is 45.3 Å². The summed E-state index contributed by atoms with van der Waals surface area (Å²) in [5, 5.41) is 12.0. The second-order valence-electron chi connectivity index (χ2n) is 8.08. The number of urea groups is 1. The topological polar surface area (TPSA) is 96.4 Å². The van der Waals surface area contributed by atoms with E-state index in [1.54, 1.807) is 4.90 Å². The minimum atomic E-state index is -0.813. The van der Waals surface area contributed by atoms with Gasteiger partial charge in [-0.3, -0.25) is 19.4 Å². The third-order valence-electron chi connectivity index (χ3n) is 6.18. The van der Waals surface area contributed by atoms with E-state index in [0.29, 0.717) is 39.3 Å². The van der Waals surface area contributed by atoms with Crippen LogP contribution < -0.4 is 5.32 Å². The Morgan fingerprint density at radius 2 is 1.61 bits per heavy atom. The van der Waals surface area contributed by atoms with Crippen LogP contribution in [0.25, 0.3) is 0 Å². The summed E-state index contributed by atoms with van der Waals surface area (Å²) in [4.78, 5) is 43.6. The fraction of sp³-hybridized carbons (Fsp3) is 0.842. The van der Waals surface area contributed by atoms with Gasteiger partial charge in [-0.15, -0.1) is 0 Å². The van der Waals surface area contributed by atoms with Crippen molar-refractivity contribution in [3.8, 4) is 0 Å². The van der Waals surface area contributed by atoms with Gasteiger partial charge in [0.15, 0.2) is 0 Å². The van der Waals surface area contributed by atoms with Crippen molar-refractivity contribution in [3.05, 3.63) is 0 Å². The van der Waals surface area contributed by atoms with E-state index in [2.05, 4.69) is 10.2 Å². The summed E-state index contributed by atoms with van der Waals surface area (Å²) in [7, 11) is 0. The van der Waals surface area contributed by atoms with Crippen LogP contribution in [0.3, 0.4) is 0 Å². The normalized spacial score (nSPS) is 25.6. The zero-order chi connectivity index (χ0) is 20.1. The molecule has 0 radical (unpaired) electrons. The summed E-state index contributed by atoms with van der Waals surface area (Å²) in [6.07, 6.45) is 3.94. The van der Waals surface area contributed by atoms with E-state index in [1.165, 1.54) is 12.8 Å². The highest BCUT2D eigenvalue weighted by Gasteiger charge is 2.36. The van der Waals surface area contributed by atoms with E-state index in [4.69, 9.17) is 5.11 Å². The summed E-state index contributed by atoms with van der Waals surface area (Å²) in [5.41, 5.74) is 0. The summed E-state index contributed by atoms with van der Waals surface area (Å²) in [6, 6.07) is 0.262. The highest BCUT2D eigenvalue weighted by atomic mass is 16.4. The first-order chi connectivity index (χ1) is 13.5. The van der Waals surface area contributed by atoms with Gasteiger partial charge >= 0.3 is 12.0 Å². The molecule has 3 aliphatic rings. The van der Waals surface area contributed by atoms with E-state index >= 15 is 0 Å². The lowest BCUT2D eigenvalue weighted by Gasteiger charge is -2.43. The van der Waals surface area contributed by atoms with Gasteiger partial charge in [0.1, 0.15) is 0 Å². The van der Waals surface area contributed by atoms with Crippen molar-refractivity contribution in [2.24, 2.45) is 0 Å². The molecule has 28 heavy (non-hydrogen) atoms. The largest absolute Gasteiger partial charge is 0.480 e. The Bertz CT molecular complexity index is 567. The average Bonchev–Trinajstić information content (AvgIpc) is 3.15. The number of carboxylic acid groups (broad SMARTS) is 1. The molecule has 3 rings (SSSR count). The lowest BCUT2D eigenvalue weighted by molar-refractivity contribution is -0.139. The monoisotopic (exact) mass is 395 g/mol. The van der Waals surface area contributed by atoms with Gasteiger partial charge < -0.3 is 20.2 Å². The van der Waals surface area contributed by atoms with Crippen molar-refractivity contribution in [2.45, 2.75) is 44.7 Å². The van der Waals surface area contributed by atoms with Crippen molar-refractivity contribution >= 4 is 17.9 Å². The number of piperazine rings is 1. The first kappa shape index (κ1) is 20.9. The van der Waals surface area contributed by atoms with Crippen LogP contribution in [0.5, 0.6) is 0 Å². The van der Waals surface area contributed by atoms with Crippen LogP contribution in [-0.2, 0) is 9.59 Å². The number of aliphatic carboxylic acids is 1. The highest BCUT2D eigenvalue weighted by molar-refractivity contribution is 5.79. The maximum atomic E-state index is 12.5. The fourth-order valence-corrected chi connectivity index (χ4v) is 4.33. The SMILES string of the molecule is CCN(CC(=O)O)C1CC(NC(=O)N2CCN(C(=O)CN3CCCC3)CC2)C1. The molecule has 0 aromatic carbocycles. The molecule has 0 spiro atoms. The number of carbonyl (C=O) groups excluding carboxylic acids is 2. The Morgan fingerprint density at radius 3 is 2.18 bits per heavy atom. The zero-order valence-corrected chi connectivity index (χ0v) is 16.8. The number of rotatable bonds is 7. The Kier molecular flexibility index (Phi) is 7.12. The van der Waals surface area contributed by atoms with Crippen LogP contribution in [0.1, 0.15) is 32.6 Å². The van der Waals surface area contributed by atoms with E-state index in [9.17, 15) is 14.4 Å². The smallest absolute Gasteiger partial charge is 0.317 e. The molecule has 1 aliphatic carbocycles. The molecule has 0 aromatic rings. The van der Waals surface area contributed by atoms with E-state index in [0.717, 1.165) is 25.9 Å². The van der Waals surface area contributed by atoms with Crippen LogP contribution in [-0.4, -0.2) is 114 Å². The number of likely N-dealkylation sites (tertiary alicyclic amines) is 1. The molecule has 3 fully saturated rings. The molecular formula is C19H33N5O4. The van der Waals surface area contributed by atoms with Gasteiger partial charge in [0.05, 0.1) is 13.1 Å². The second-order valence-corrected chi connectivity index (χ2v) is 8.08. The number of amides is 3. The Hall–Kier alpha value is -1.87. The zero-order valence-electron chi connectivity index (χ0n) is 16.8. The van der Waals surface area contributed by atoms with Crippen LogP contribution >= 0.6 is 0 Å². The molecule has 0 bridgehead atoms. The van der Waals surface area contributed by atoms with Crippen molar-refractivity contribution in [2.75, 3.05) is 58.9 Å². The molecule has 1 saturated carbocycles. The first-order valence-electron chi connectivity index (χ1n) is 10.5. The van der Waals surface area contributed by atoms with Crippen LogP contribution in [0.4, 0.5) is 4.79 Å². The van der Waals surface area contributed by atoms with Gasteiger partial charge in [0.25, 0.3) is 0 Å². The molecule has 9 heteroatoms. The van der Waals surface area contributed by atoms with E-state index < -0.39 is 5.97 Å². The summed E-state index contributed by atoms with van der Waals surface area (Å²) >= 11 is 0. The molecule has 0 unspecified atom stereocenters. The molecule has 2 N–H and O–H groups in total. The van der Waals surface area contributed by atoms with Gasteiger partial charge in [-0.2, -0.15) is 0 Å². The molecule has 2 aliphatic heterocycles. The third kappa shape index (κ3) is 5.35. The van der Waals surface area contributed by atoms with E-state index in [1.807, 2.05) is 16.7 Å². The van der Waals surface area contributed by atoms with E-state index in [-0.39, 0.29) is 30.6 Å². The van der Waals surface area contributed by atoms with Gasteiger partial charge in [-0.25, -0.2) is 4.79 Å². The molecule has 9 nitrogen and oxygen atoms in total. The van der Waals surface area contributed by atoms with Crippen molar-refractivity contribution in [3.63, 3.8) is 0 Å². The summed E-state index contributed by atoms with van der Waals surface area (Å²) < 4.78 is 0. The minimum absolute atomic E-state index is 0.0508. The second kappa shape index (κ2) is 9.56. The lowest BCUT2D eigenvalue weighted by atomic mass is 9.85. The molecule has 2 saturated heterocycles. The molecule has 0 aromatic heterocycles. The van der Waals surface area contributed by atoms with Crippen LogP contribution in [0.2, 0.25) is 0 Å². The maximum Gasteiger partial charge on any atom is 0.317 e. The van der Waals surface area contributed by atoms with Gasteiger partial charge in [0, 0.05) is 38.3 Å². The number of nitrogens with one attached hydrogen (secondary N) is 1. The number of hydrogen-bond acceptors (Lipinski definition) is 5. The summed E-state index contributed by atoms with van der Waals surface area (Å²) in [6.45, 7) is 7.54. The fourth-order valence-electron chi connectivity index (χ4n) is 4.33. The Balaban J connectivity index is 1.34. The van der Waals surface area contributed by atoms with Gasteiger partial charge in [0.2, 0.25) is 5.91 Å². The molecular weight excluding hydrogens is 362 g/mol. The highest BCUT2D eigenvalue weighted by Crippen LogP contribution is 2.25. The molecule has 158 valence electrons. The summed E-state index contributed by atoms with van der Waals surface area (Å²) in [5.74, 6) is -0.645.